The van der Waals surface area contributed by atoms with Gasteiger partial charge in [0.05, 0.1) is 12.8 Å². The summed E-state index contributed by atoms with van der Waals surface area (Å²) >= 11 is 5.80. The molecule has 0 saturated heterocycles. The molecule has 0 unspecified atom stereocenters. The molecule has 0 fully saturated rings. The lowest BCUT2D eigenvalue weighted by atomic mass is 10.2. The summed E-state index contributed by atoms with van der Waals surface area (Å²) in [4.78, 5) is 12.0. The standard InChI is InChI=1S/C17H20ClN3O2/c1-12-10-15(13(2)21(12)8-9-23-3)11-19-20-17(22)14-4-6-16(18)7-5-14/h4-7,10-11H,8-9H2,1-3H3,(H,20,22)/b19-11-. The first-order valence-corrected chi connectivity index (χ1v) is 7.65. The highest BCUT2D eigenvalue weighted by Crippen LogP contribution is 2.13. The number of methoxy groups -OCH3 is 1. The van der Waals surface area contributed by atoms with Crippen LogP contribution in [-0.2, 0) is 11.3 Å². The van der Waals surface area contributed by atoms with E-state index in [1.807, 2.05) is 19.9 Å². The van der Waals surface area contributed by atoms with E-state index in [-0.39, 0.29) is 5.91 Å². The Kier molecular flexibility index (Phi) is 5.96. The first kappa shape index (κ1) is 17.2. The zero-order valence-corrected chi connectivity index (χ0v) is 14.2. The molecular weight excluding hydrogens is 314 g/mol. The second-order valence-corrected chi connectivity index (χ2v) is 5.61. The second-order valence-electron chi connectivity index (χ2n) is 5.18. The lowest BCUT2D eigenvalue weighted by Crippen LogP contribution is -2.17. The van der Waals surface area contributed by atoms with Gasteiger partial charge in [-0.1, -0.05) is 11.6 Å². The van der Waals surface area contributed by atoms with Crippen LogP contribution in [0.1, 0.15) is 27.3 Å². The van der Waals surface area contributed by atoms with Gasteiger partial charge in [-0.05, 0) is 44.2 Å². The van der Waals surface area contributed by atoms with Crippen LogP contribution in [0, 0.1) is 13.8 Å². The van der Waals surface area contributed by atoms with Crippen LogP contribution in [0.5, 0.6) is 0 Å². The molecule has 1 N–H and O–H groups in total. The van der Waals surface area contributed by atoms with Crippen molar-refractivity contribution in [2.45, 2.75) is 20.4 Å². The summed E-state index contributed by atoms with van der Waals surface area (Å²) in [6.45, 7) is 5.50. The molecule has 6 heteroatoms. The molecule has 23 heavy (non-hydrogen) atoms. The fourth-order valence-electron chi connectivity index (χ4n) is 2.31. The van der Waals surface area contributed by atoms with Gasteiger partial charge in [0, 0.05) is 41.2 Å². The Hall–Kier alpha value is -2.11. The van der Waals surface area contributed by atoms with Crippen molar-refractivity contribution in [1.82, 2.24) is 9.99 Å². The molecule has 1 heterocycles. The molecule has 0 aliphatic carbocycles. The Balaban J connectivity index is 2.03. The van der Waals surface area contributed by atoms with E-state index in [0.29, 0.717) is 17.2 Å². The maximum atomic E-state index is 12.0. The molecular formula is C17H20ClN3O2. The van der Waals surface area contributed by atoms with Crippen LogP contribution < -0.4 is 5.43 Å². The molecule has 1 aromatic heterocycles. The fraction of sp³-hybridized carbons (Fsp3) is 0.294. The summed E-state index contributed by atoms with van der Waals surface area (Å²) < 4.78 is 7.27. The molecule has 0 atom stereocenters. The van der Waals surface area contributed by atoms with Crippen molar-refractivity contribution >= 4 is 23.7 Å². The average Bonchev–Trinajstić information content (AvgIpc) is 2.80. The minimum atomic E-state index is -0.272. The monoisotopic (exact) mass is 333 g/mol. The van der Waals surface area contributed by atoms with Gasteiger partial charge in [-0.25, -0.2) is 5.43 Å². The number of aromatic nitrogens is 1. The number of amides is 1. The van der Waals surface area contributed by atoms with Crippen LogP contribution in [0.4, 0.5) is 0 Å². The van der Waals surface area contributed by atoms with Gasteiger partial charge in [0.25, 0.3) is 5.91 Å². The van der Waals surface area contributed by atoms with E-state index in [1.165, 1.54) is 0 Å². The summed E-state index contributed by atoms with van der Waals surface area (Å²) in [5, 5.41) is 4.63. The smallest absolute Gasteiger partial charge is 0.271 e. The first-order valence-electron chi connectivity index (χ1n) is 7.27. The van der Waals surface area contributed by atoms with Crippen LogP contribution in [0.15, 0.2) is 35.4 Å². The first-order chi connectivity index (χ1) is 11.0. The Morgan fingerprint density at radius 1 is 1.35 bits per heavy atom. The molecule has 0 bridgehead atoms. The van der Waals surface area contributed by atoms with Crippen molar-refractivity contribution in [3.05, 3.63) is 57.9 Å². The topological polar surface area (TPSA) is 55.6 Å². The molecule has 0 aliphatic heterocycles. The Bertz CT molecular complexity index is 705. The third-order valence-corrected chi connectivity index (χ3v) is 3.86. The summed E-state index contributed by atoms with van der Waals surface area (Å²) in [5.74, 6) is -0.272. The van der Waals surface area contributed by atoms with Crippen molar-refractivity contribution in [3.8, 4) is 0 Å². The normalized spacial score (nSPS) is 11.1. The number of halogens is 1. The molecule has 0 saturated carbocycles. The predicted octanol–water partition coefficient (Wildman–Crippen LogP) is 3.17. The average molecular weight is 334 g/mol. The van der Waals surface area contributed by atoms with E-state index < -0.39 is 0 Å². The largest absolute Gasteiger partial charge is 0.383 e. The summed E-state index contributed by atoms with van der Waals surface area (Å²) in [7, 11) is 1.68. The lowest BCUT2D eigenvalue weighted by Gasteiger charge is -2.08. The molecule has 1 aromatic carbocycles. The summed E-state index contributed by atoms with van der Waals surface area (Å²) in [6, 6.07) is 8.68. The highest BCUT2D eigenvalue weighted by molar-refractivity contribution is 6.30. The van der Waals surface area contributed by atoms with Gasteiger partial charge in [0.1, 0.15) is 0 Å². The maximum absolute atomic E-state index is 12.0. The molecule has 2 aromatic rings. The number of carbonyl (C=O) groups excluding carboxylic acids is 1. The number of nitrogens with zero attached hydrogens (tertiary/aromatic N) is 2. The molecule has 122 valence electrons. The van der Waals surface area contributed by atoms with E-state index in [2.05, 4.69) is 15.1 Å². The van der Waals surface area contributed by atoms with Crippen molar-refractivity contribution in [2.24, 2.45) is 5.10 Å². The van der Waals surface area contributed by atoms with Crippen LogP contribution >= 0.6 is 11.6 Å². The number of rotatable bonds is 6. The van der Waals surface area contributed by atoms with Gasteiger partial charge in [0.2, 0.25) is 0 Å². The number of nitrogens with one attached hydrogen (secondary N) is 1. The molecule has 0 aliphatic rings. The van der Waals surface area contributed by atoms with Gasteiger partial charge >= 0.3 is 0 Å². The molecule has 0 spiro atoms. The van der Waals surface area contributed by atoms with Gasteiger partial charge in [-0.2, -0.15) is 5.10 Å². The van der Waals surface area contributed by atoms with Crippen LogP contribution in [0.3, 0.4) is 0 Å². The van der Waals surface area contributed by atoms with Crippen LogP contribution in [0.25, 0.3) is 0 Å². The maximum Gasteiger partial charge on any atom is 0.271 e. The van der Waals surface area contributed by atoms with E-state index in [0.717, 1.165) is 23.5 Å². The molecule has 1 amide bonds. The Labute approximate surface area is 140 Å². The number of hydrogen-bond acceptors (Lipinski definition) is 3. The van der Waals surface area contributed by atoms with Gasteiger partial charge in [0.15, 0.2) is 0 Å². The van der Waals surface area contributed by atoms with Crippen LogP contribution in [-0.4, -0.2) is 30.4 Å². The summed E-state index contributed by atoms with van der Waals surface area (Å²) in [5.41, 5.74) is 6.22. The zero-order chi connectivity index (χ0) is 16.8. The second kappa shape index (κ2) is 7.94. The van der Waals surface area contributed by atoms with Gasteiger partial charge in [-0.3, -0.25) is 4.79 Å². The van der Waals surface area contributed by atoms with Crippen molar-refractivity contribution in [2.75, 3.05) is 13.7 Å². The zero-order valence-electron chi connectivity index (χ0n) is 13.5. The minimum Gasteiger partial charge on any atom is -0.383 e. The van der Waals surface area contributed by atoms with Crippen LogP contribution in [0.2, 0.25) is 5.02 Å². The number of aryl methyl sites for hydroxylation is 1. The number of hydrogen-bond donors (Lipinski definition) is 1. The quantitative estimate of drug-likeness (QED) is 0.652. The molecule has 2 rings (SSSR count). The minimum absolute atomic E-state index is 0.272. The third-order valence-electron chi connectivity index (χ3n) is 3.61. The van der Waals surface area contributed by atoms with E-state index in [9.17, 15) is 4.79 Å². The van der Waals surface area contributed by atoms with Crippen molar-refractivity contribution < 1.29 is 9.53 Å². The predicted molar refractivity (Wildman–Crippen MR) is 92.3 cm³/mol. The number of carbonyl (C=O) groups is 1. The van der Waals surface area contributed by atoms with Gasteiger partial charge < -0.3 is 9.30 Å². The summed E-state index contributed by atoms with van der Waals surface area (Å²) in [6.07, 6.45) is 1.65. The number of hydrazone groups is 1. The van der Waals surface area contributed by atoms with Crippen molar-refractivity contribution in [1.29, 1.82) is 0 Å². The number of ether oxygens (including phenoxy) is 1. The van der Waals surface area contributed by atoms with Crippen molar-refractivity contribution in [3.63, 3.8) is 0 Å². The SMILES string of the molecule is COCCn1c(C)cc(/C=N\NC(=O)c2ccc(Cl)cc2)c1C. The molecule has 5 nitrogen and oxygen atoms in total. The van der Waals surface area contributed by atoms with E-state index in [1.54, 1.807) is 37.6 Å². The fourth-order valence-corrected chi connectivity index (χ4v) is 2.44. The Morgan fingerprint density at radius 2 is 2.04 bits per heavy atom. The highest BCUT2D eigenvalue weighted by Gasteiger charge is 2.07. The van der Waals surface area contributed by atoms with E-state index in [4.69, 9.17) is 16.3 Å². The lowest BCUT2D eigenvalue weighted by molar-refractivity contribution is 0.0955. The third kappa shape index (κ3) is 4.43. The highest BCUT2D eigenvalue weighted by atomic mass is 35.5. The van der Waals surface area contributed by atoms with E-state index >= 15 is 0 Å². The van der Waals surface area contributed by atoms with Gasteiger partial charge in [-0.15, -0.1) is 0 Å². The molecule has 0 radical (unpaired) electrons. The Morgan fingerprint density at radius 3 is 2.70 bits per heavy atom. The number of benzene rings is 1.